The van der Waals surface area contributed by atoms with Gasteiger partial charge in [-0.1, -0.05) is 42.0 Å². The zero-order valence-electron chi connectivity index (χ0n) is 15.9. The molecular weight excluding hydrogens is 338 g/mol. The highest BCUT2D eigenvalue weighted by atomic mass is 16.5. The predicted octanol–water partition coefficient (Wildman–Crippen LogP) is 2.80. The van der Waals surface area contributed by atoms with Crippen molar-refractivity contribution in [3.05, 3.63) is 65.2 Å². The summed E-state index contributed by atoms with van der Waals surface area (Å²) in [6.45, 7) is 2.09. The summed E-state index contributed by atoms with van der Waals surface area (Å²) in [5.74, 6) is 0.925. The average Bonchev–Trinajstić information content (AvgIpc) is 3.24. The van der Waals surface area contributed by atoms with E-state index in [4.69, 9.17) is 4.74 Å². The first-order valence-electron chi connectivity index (χ1n) is 9.59. The molecule has 2 unspecified atom stereocenters. The molecule has 2 fully saturated rings. The largest absolute Gasteiger partial charge is 0.497 e. The molecule has 1 saturated carbocycles. The summed E-state index contributed by atoms with van der Waals surface area (Å²) < 4.78 is 5.21. The van der Waals surface area contributed by atoms with Crippen LogP contribution in [-0.2, 0) is 11.2 Å². The number of methoxy groups -OCH3 is 1. The molecule has 5 heteroatoms. The van der Waals surface area contributed by atoms with E-state index < -0.39 is 0 Å². The van der Waals surface area contributed by atoms with Crippen molar-refractivity contribution in [1.82, 2.24) is 16.2 Å². The topological polar surface area (TPSA) is 62.4 Å². The molecule has 27 heavy (non-hydrogen) atoms. The fourth-order valence-electron chi connectivity index (χ4n) is 3.72. The van der Waals surface area contributed by atoms with E-state index in [1.54, 1.807) is 7.11 Å². The zero-order chi connectivity index (χ0) is 18.9. The van der Waals surface area contributed by atoms with Crippen LogP contribution in [0.15, 0.2) is 48.5 Å². The Hall–Kier alpha value is -2.37. The number of rotatable bonds is 6. The second-order valence-electron chi connectivity index (χ2n) is 7.83. The molecule has 2 atom stereocenters. The number of nitrogens with one attached hydrogen (secondary N) is 3. The molecule has 142 valence electrons. The summed E-state index contributed by atoms with van der Waals surface area (Å²) in [5.41, 5.74) is 10.0. The number of aryl methyl sites for hydroxylation is 1. The molecule has 2 aromatic rings. The second-order valence-corrected chi connectivity index (χ2v) is 7.83. The number of amides is 1. The third-order valence-electron chi connectivity index (χ3n) is 5.64. The van der Waals surface area contributed by atoms with Crippen LogP contribution in [0.4, 0.5) is 0 Å². The number of ether oxygens (including phenoxy) is 1. The minimum atomic E-state index is -0.215. The highest BCUT2D eigenvalue weighted by Crippen LogP contribution is 2.39. The van der Waals surface area contributed by atoms with Gasteiger partial charge in [-0.3, -0.25) is 4.79 Å². The monoisotopic (exact) mass is 365 g/mol. The van der Waals surface area contributed by atoms with E-state index in [1.165, 1.54) is 11.1 Å². The highest BCUT2D eigenvalue weighted by molar-refractivity contribution is 5.83. The van der Waals surface area contributed by atoms with E-state index in [0.29, 0.717) is 0 Å². The molecule has 3 N–H and O–H groups in total. The van der Waals surface area contributed by atoms with Crippen molar-refractivity contribution < 1.29 is 9.53 Å². The Kier molecular flexibility index (Phi) is 4.89. The third-order valence-corrected chi connectivity index (χ3v) is 5.64. The second kappa shape index (κ2) is 7.33. The maximum atomic E-state index is 12.8. The SMILES string of the molecule is COc1ccc(C2CC(C(=O)NC3(Cc4ccc(C)cc4)CC3)NN2)cc1. The molecule has 0 bridgehead atoms. The van der Waals surface area contributed by atoms with Gasteiger partial charge in [0.15, 0.2) is 0 Å². The smallest absolute Gasteiger partial charge is 0.239 e. The first-order chi connectivity index (χ1) is 13.1. The number of hydrazine groups is 1. The van der Waals surface area contributed by atoms with Crippen LogP contribution in [-0.4, -0.2) is 24.6 Å². The van der Waals surface area contributed by atoms with Gasteiger partial charge in [0.1, 0.15) is 11.8 Å². The molecule has 1 heterocycles. The summed E-state index contributed by atoms with van der Waals surface area (Å²) in [6, 6.07) is 16.5. The number of hydrogen-bond donors (Lipinski definition) is 3. The molecule has 0 radical (unpaired) electrons. The van der Waals surface area contributed by atoms with E-state index in [9.17, 15) is 4.79 Å². The van der Waals surface area contributed by atoms with E-state index in [0.717, 1.165) is 37.0 Å². The van der Waals surface area contributed by atoms with Crippen molar-refractivity contribution in [3.63, 3.8) is 0 Å². The fraction of sp³-hybridized carbons (Fsp3) is 0.409. The Bertz CT molecular complexity index is 797. The normalized spacial score (nSPS) is 23.0. The number of carbonyl (C=O) groups excluding carboxylic acids is 1. The van der Waals surface area contributed by atoms with Crippen molar-refractivity contribution in [2.45, 2.75) is 50.2 Å². The minimum Gasteiger partial charge on any atom is -0.497 e. The first-order valence-corrected chi connectivity index (χ1v) is 9.59. The zero-order valence-corrected chi connectivity index (χ0v) is 15.9. The van der Waals surface area contributed by atoms with Gasteiger partial charge in [0, 0.05) is 11.6 Å². The van der Waals surface area contributed by atoms with Gasteiger partial charge in [0.25, 0.3) is 0 Å². The van der Waals surface area contributed by atoms with Crippen LogP contribution in [0.5, 0.6) is 5.75 Å². The molecule has 1 saturated heterocycles. The molecular formula is C22H27N3O2. The van der Waals surface area contributed by atoms with Crippen LogP contribution < -0.4 is 20.9 Å². The molecule has 5 nitrogen and oxygen atoms in total. The van der Waals surface area contributed by atoms with E-state index in [1.807, 2.05) is 24.3 Å². The predicted molar refractivity (Wildman–Crippen MR) is 105 cm³/mol. The quantitative estimate of drug-likeness (QED) is 0.737. The van der Waals surface area contributed by atoms with E-state index in [-0.39, 0.29) is 23.5 Å². The Morgan fingerprint density at radius 3 is 2.44 bits per heavy atom. The van der Waals surface area contributed by atoms with E-state index >= 15 is 0 Å². The molecule has 2 aliphatic rings. The summed E-state index contributed by atoms with van der Waals surface area (Å²) in [4.78, 5) is 12.8. The van der Waals surface area contributed by atoms with Crippen LogP contribution in [0.3, 0.4) is 0 Å². The third kappa shape index (κ3) is 4.15. The van der Waals surface area contributed by atoms with Gasteiger partial charge in [0.05, 0.1) is 7.11 Å². The Morgan fingerprint density at radius 2 is 1.81 bits per heavy atom. The van der Waals surface area contributed by atoms with Crippen LogP contribution in [0.1, 0.15) is 42.0 Å². The molecule has 4 rings (SSSR count). The van der Waals surface area contributed by atoms with Gasteiger partial charge in [-0.25, -0.2) is 10.9 Å². The van der Waals surface area contributed by atoms with Gasteiger partial charge in [-0.05, 0) is 55.9 Å². The summed E-state index contributed by atoms with van der Waals surface area (Å²) in [5, 5.41) is 3.30. The van der Waals surface area contributed by atoms with Gasteiger partial charge in [-0.2, -0.15) is 0 Å². The van der Waals surface area contributed by atoms with Gasteiger partial charge in [0.2, 0.25) is 5.91 Å². The van der Waals surface area contributed by atoms with Crippen molar-refractivity contribution in [3.8, 4) is 5.75 Å². The minimum absolute atomic E-state index is 0.0633. The molecule has 0 aromatic heterocycles. The molecule has 1 aliphatic carbocycles. The summed E-state index contributed by atoms with van der Waals surface area (Å²) in [7, 11) is 1.66. The van der Waals surface area contributed by atoms with Crippen LogP contribution >= 0.6 is 0 Å². The summed E-state index contributed by atoms with van der Waals surface area (Å²) in [6.07, 6.45) is 3.74. The van der Waals surface area contributed by atoms with Gasteiger partial charge < -0.3 is 10.1 Å². The molecule has 0 spiro atoms. The lowest BCUT2D eigenvalue weighted by Gasteiger charge is -2.20. The first kappa shape index (κ1) is 18.0. The lowest BCUT2D eigenvalue weighted by atomic mass is 10.00. The van der Waals surface area contributed by atoms with Crippen molar-refractivity contribution >= 4 is 5.91 Å². The number of hydrogen-bond acceptors (Lipinski definition) is 4. The standard InChI is InChI=1S/C22H27N3O2/c1-15-3-5-16(6-4-15)14-22(11-12-22)23-21(26)20-13-19(24-25-20)17-7-9-18(27-2)10-8-17/h3-10,19-20,24-25H,11-14H2,1-2H3,(H,23,26). The number of carbonyl (C=O) groups is 1. The Morgan fingerprint density at radius 1 is 1.11 bits per heavy atom. The van der Waals surface area contributed by atoms with Gasteiger partial charge in [-0.15, -0.1) is 0 Å². The molecule has 1 amide bonds. The summed E-state index contributed by atoms with van der Waals surface area (Å²) >= 11 is 0. The Labute approximate surface area is 160 Å². The Balaban J connectivity index is 1.34. The fourth-order valence-corrected chi connectivity index (χ4v) is 3.72. The van der Waals surface area contributed by atoms with E-state index in [2.05, 4.69) is 47.4 Å². The maximum absolute atomic E-state index is 12.8. The lowest BCUT2D eigenvalue weighted by Crippen LogP contribution is -2.48. The number of benzene rings is 2. The van der Waals surface area contributed by atoms with Crippen LogP contribution in [0.2, 0.25) is 0 Å². The lowest BCUT2D eigenvalue weighted by molar-refractivity contribution is -0.123. The molecule has 2 aromatic carbocycles. The van der Waals surface area contributed by atoms with Gasteiger partial charge >= 0.3 is 0 Å². The average molecular weight is 365 g/mol. The molecule has 1 aliphatic heterocycles. The maximum Gasteiger partial charge on any atom is 0.239 e. The van der Waals surface area contributed by atoms with Crippen molar-refractivity contribution in [2.75, 3.05) is 7.11 Å². The highest BCUT2D eigenvalue weighted by Gasteiger charge is 2.45. The van der Waals surface area contributed by atoms with Crippen LogP contribution in [0.25, 0.3) is 0 Å². The van der Waals surface area contributed by atoms with Crippen molar-refractivity contribution in [2.24, 2.45) is 0 Å². The van der Waals surface area contributed by atoms with Crippen molar-refractivity contribution in [1.29, 1.82) is 0 Å². The van der Waals surface area contributed by atoms with Crippen LogP contribution in [0, 0.1) is 6.92 Å².